The quantitative estimate of drug-likeness (QED) is 0.402. The summed E-state index contributed by atoms with van der Waals surface area (Å²) >= 11 is 1.21. The number of hydrogen-bond donors (Lipinski definition) is 0. The Labute approximate surface area is 168 Å². The molecular weight excluding hydrogens is 392 g/mol. The van der Waals surface area contributed by atoms with Crippen molar-refractivity contribution in [3.63, 3.8) is 0 Å². The zero-order valence-electron chi connectivity index (χ0n) is 16.8. The van der Waals surface area contributed by atoms with Crippen LogP contribution in [-0.4, -0.2) is 66.1 Å². The lowest BCUT2D eigenvalue weighted by Crippen LogP contribution is -2.54. The van der Waals surface area contributed by atoms with Crippen molar-refractivity contribution in [3.8, 4) is 0 Å². The van der Waals surface area contributed by atoms with E-state index in [2.05, 4.69) is 0 Å². The van der Waals surface area contributed by atoms with Gasteiger partial charge in [-0.3, -0.25) is 19.2 Å². The summed E-state index contributed by atoms with van der Waals surface area (Å²) in [7, 11) is 0. The molecule has 0 N–H and O–H groups in total. The van der Waals surface area contributed by atoms with Crippen molar-refractivity contribution in [2.45, 2.75) is 78.2 Å². The molecule has 0 radical (unpaired) electrons. The topological polar surface area (TPSA) is 114 Å². The van der Waals surface area contributed by atoms with Crippen molar-refractivity contribution < 1.29 is 42.9 Å². The van der Waals surface area contributed by atoms with Crippen LogP contribution in [0.2, 0.25) is 0 Å². The Balaban J connectivity index is 2.83. The van der Waals surface area contributed by atoms with Crippen LogP contribution in [0.15, 0.2) is 0 Å². The Hall–Kier alpha value is -1.65. The molecule has 0 spiro atoms. The van der Waals surface area contributed by atoms with Gasteiger partial charge in [-0.05, 0) is 13.3 Å². The van der Waals surface area contributed by atoms with Gasteiger partial charge in [0, 0.05) is 39.9 Å². The van der Waals surface area contributed by atoms with Gasteiger partial charge in [0.25, 0.3) is 0 Å². The SMILES string of the molecule is CC(=O)OC[C@H]1O[C@@H](O[C@H](C)CCSC(C)=O)C[C@@H](OC(C)=O)[C@H]1OC(C)=O. The Bertz CT molecular complexity index is 565. The molecule has 0 aromatic carbocycles. The summed E-state index contributed by atoms with van der Waals surface area (Å²) in [4.78, 5) is 45.2. The molecule has 0 aromatic rings. The highest BCUT2D eigenvalue weighted by Gasteiger charge is 2.44. The Morgan fingerprint density at radius 2 is 1.68 bits per heavy atom. The minimum atomic E-state index is -0.927. The molecule has 0 unspecified atom stereocenters. The van der Waals surface area contributed by atoms with E-state index in [1.807, 2.05) is 6.92 Å². The predicted molar refractivity (Wildman–Crippen MR) is 99.3 cm³/mol. The smallest absolute Gasteiger partial charge is 0.303 e. The van der Waals surface area contributed by atoms with Crippen LogP contribution in [0.1, 0.15) is 47.5 Å². The first kappa shape index (κ1) is 24.4. The van der Waals surface area contributed by atoms with E-state index in [4.69, 9.17) is 23.7 Å². The summed E-state index contributed by atoms with van der Waals surface area (Å²) in [5, 5.41) is 0.0294. The standard InChI is InChI=1S/C18H28O9S/c1-10(6-7-28-14(5)22)24-17-8-15(25-12(3)20)18(26-13(4)21)16(27-17)9-23-11(2)19/h10,15-18H,6-9H2,1-5H3/t10-,15-,16-,17-,18-/m1/s1. The number of ether oxygens (including phenoxy) is 5. The maximum absolute atomic E-state index is 11.5. The highest BCUT2D eigenvalue weighted by Crippen LogP contribution is 2.28. The fraction of sp³-hybridized carbons (Fsp3) is 0.778. The second-order valence-electron chi connectivity index (χ2n) is 6.44. The molecule has 28 heavy (non-hydrogen) atoms. The van der Waals surface area contributed by atoms with Gasteiger partial charge >= 0.3 is 17.9 Å². The van der Waals surface area contributed by atoms with Crippen LogP contribution in [0, 0.1) is 0 Å². The van der Waals surface area contributed by atoms with Crippen molar-refractivity contribution in [3.05, 3.63) is 0 Å². The lowest BCUT2D eigenvalue weighted by Gasteiger charge is -2.40. The van der Waals surface area contributed by atoms with Crippen molar-refractivity contribution in [1.29, 1.82) is 0 Å². The Kier molecular flexibility index (Phi) is 10.5. The molecule has 1 saturated heterocycles. The Morgan fingerprint density at radius 3 is 2.21 bits per heavy atom. The van der Waals surface area contributed by atoms with E-state index in [1.165, 1.54) is 39.5 Å². The van der Waals surface area contributed by atoms with Gasteiger partial charge in [0.15, 0.2) is 17.5 Å². The first-order valence-electron chi connectivity index (χ1n) is 9.00. The summed E-state index contributed by atoms with van der Waals surface area (Å²) in [6, 6.07) is 0. The normalized spacial score (nSPS) is 25.5. The van der Waals surface area contributed by atoms with Crippen molar-refractivity contribution in [2.75, 3.05) is 12.4 Å². The van der Waals surface area contributed by atoms with Gasteiger partial charge in [-0.1, -0.05) is 11.8 Å². The molecule has 1 aliphatic heterocycles. The molecule has 0 aromatic heterocycles. The molecule has 0 aliphatic carbocycles. The monoisotopic (exact) mass is 420 g/mol. The highest BCUT2D eigenvalue weighted by molar-refractivity contribution is 8.13. The average Bonchev–Trinajstić information content (AvgIpc) is 2.54. The van der Waals surface area contributed by atoms with E-state index < -0.39 is 42.5 Å². The molecule has 1 heterocycles. The average molecular weight is 420 g/mol. The van der Waals surface area contributed by atoms with Gasteiger partial charge in [0.1, 0.15) is 18.8 Å². The molecule has 160 valence electrons. The summed E-state index contributed by atoms with van der Waals surface area (Å²) in [6.07, 6.45) is -2.80. The van der Waals surface area contributed by atoms with Crippen LogP contribution < -0.4 is 0 Å². The van der Waals surface area contributed by atoms with Crippen molar-refractivity contribution in [1.82, 2.24) is 0 Å². The van der Waals surface area contributed by atoms with Crippen LogP contribution in [0.4, 0.5) is 0 Å². The third-order valence-corrected chi connectivity index (χ3v) is 4.61. The van der Waals surface area contributed by atoms with E-state index >= 15 is 0 Å². The summed E-state index contributed by atoms with van der Waals surface area (Å²) in [6.45, 7) is 6.88. The summed E-state index contributed by atoms with van der Waals surface area (Å²) in [5.41, 5.74) is 0. The molecule has 0 bridgehead atoms. The molecule has 0 saturated carbocycles. The molecule has 1 fully saturated rings. The molecule has 5 atom stereocenters. The molecule has 1 aliphatic rings. The first-order valence-corrected chi connectivity index (χ1v) is 9.99. The van der Waals surface area contributed by atoms with Gasteiger partial charge < -0.3 is 23.7 Å². The van der Waals surface area contributed by atoms with Crippen LogP contribution in [0.5, 0.6) is 0 Å². The summed E-state index contributed by atoms with van der Waals surface area (Å²) in [5.74, 6) is -1.04. The van der Waals surface area contributed by atoms with Gasteiger partial charge in [-0.15, -0.1) is 0 Å². The van der Waals surface area contributed by atoms with Gasteiger partial charge in [0.2, 0.25) is 0 Å². The van der Waals surface area contributed by atoms with E-state index in [9.17, 15) is 19.2 Å². The molecule has 0 amide bonds. The zero-order chi connectivity index (χ0) is 21.3. The number of carbonyl (C=O) groups is 4. The zero-order valence-corrected chi connectivity index (χ0v) is 17.6. The van der Waals surface area contributed by atoms with Crippen LogP contribution in [0.25, 0.3) is 0 Å². The number of carbonyl (C=O) groups excluding carboxylic acids is 4. The Morgan fingerprint density at radius 1 is 1.04 bits per heavy atom. The van der Waals surface area contributed by atoms with Crippen LogP contribution in [0.3, 0.4) is 0 Å². The van der Waals surface area contributed by atoms with E-state index in [1.54, 1.807) is 0 Å². The van der Waals surface area contributed by atoms with Gasteiger partial charge in [-0.2, -0.15) is 0 Å². The van der Waals surface area contributed by atoms with E-state index in [-0.39, 0.29) is 24.2 Å². The largest absolute Gasteiger partial charge is 0.463 e. The van der Waals surface area contributed by atoms with Crippen molar-refractivity contribution >= 4 is 34.8 Å². The van der Waals surface area contributed by atoms with Crippen LogP contribution in [-0.2, 0) is 42.9 Å². The minimum absolute atomic E-state index is 0.0294. The number of thioether (sulfide) groups is 1. The number of esters is 3. The first-order chi connectivity index (χ1) is 13.1. The molecule has 1 rings (SSSR count). The maximum Gasteiger partial charge on any atom is 0.303 e. The molecular formula is C18H28O9S. The van der Waals surface area contributed by atoms with Crippen molar-refractivity contribution in [2.24, 2.45) is 0 Å². The minimum Gasteiger partial charge on any atom is -0.463 e. The number of hydrogen-bond acceptors (Lipinski definition) is 10. The fourth-order valence-electron chi connectivity index (χ4n) is 2.68. The second-order valence-corrected chi connectivity index (χ2v) is 7.71. The lowest BCUT2D eigenvalue weighted by molar-refractivity contribution is -0.275. The van der Waals surface area contributed by atoms with Crippen LogP contribution >= 0.6 is 11.8 Å². The predicted octanol–water partition coefficient (Wildman–Crippen LogP) is 1.60. The van der Waals surface area contributed by atoms with Gasteiger partial charge in [-0.25, -0.2) is 0 Å². The van der Waals surface area contributed by atoms with E-state index in [0.717, 1.165) is 0 Å². The maximum atomic E-state index is 11.5. The third kappa shape index (κ3) is 9.52. The molecule has 9 nitrogen and oxygen atoms in total. The van der Waals surface area contributed by atoms with E-state index in [0.29, 0.717) is 12.2 Å². The van der Waals surface area contributed by atoms with Gasteiger partial charge in [0.05, 0.1) is 6.10 Å². The summed E-state index contributed by atoms with van der Waals surface area (Å²) < 4.78 is 27.2. The fourth-order valence-corrected chi connectivity index (χ4v) is 3.42. The lowest BCUT2D eigenvalue weighted by atomic mass is 10.0. The molecule has 10 heteroatoms. The second kappa shape index (κ2) is 12.0. The highest BCUT2D eigenvalue weighted by atomic mass is 32.2. The number of rotatable bonds is 9. The third-order valence-electron chi connectivity index (χ3n) is 3.77.